The van der Waals surface area contributed by atoms with Crippen molar-refractivity contribution < 1.29 is 0 Å². The van der Waals surface area contributed by atoms with E-state index in [4.69, 9.17) is 11.5 Å². The van der Waals surface area contributed by atoms with Gasteiger partial charge in [0.25, 0.3) is 0 Å². The summed E-state index contributed by atoms with van der Waals surface area (Å²) in [5.41, 5.74) is 18.9. The number of fused-ring (bicyclic) bond motifs is 1. The van der Waals surface area contributed by atoms with Gasteiger partial charge < -0.3 is 21.3 Å². The smallest absolute Gasteiger partial charge is 0.151 e. The highest BCUT2D eigenvalue weighted by atomic mass is 15.2. The molecule has 2 aromatic heterocycles. The molecule has 0 saturated carbocycles. The van der Waals surface area contributed by atoms with Crippen LogP contribution in [0.5, 0.6) is 0 Å². The van der Waals surface area contributed by atoms with Crippen LogP contribution in [0.25, 0.3) is 22.2 Å². The lowest BCUT2D eigenvalue weighted by molar-refractivity contribution is 0.169. The number of piperidine rings is 1. The van der Waals surface area contributed by atoms with Crippen molar-refractivity contribution in [3.63, 3.8) is 0 Å². The van der Waals surface area contributed by atoms with Gasteiger partial charge in [-0.2, -0.15) is 0 Å². The topological polar surface area (TPSA) is 97.2 Å². The summed E-state index contributed by atoms with van der Waals surface area (Å²) in [6, 6.07) is 7.33. The standard InChI is InChI=1S/C27H39N7/c1-5-12-33(13-6-2)20-10-14-34(15-11-20)23-9-8-19(16-18(23)4)21-17-30-27(29)25-24(21)32-26(28)22(7-3)31-25/h8-9,16-17,20H,5-7,10-15H2,1-4H3,(H2,28,32)(H2,29,30). The van der Waals surface area contributed by atoms with Gasteiger partial charge in [0.15, 0.2) is 5.82 Å². The lowest BCUT2D eigenvalue weighted by Gasteiger charge is -2.40. The number of nitrogen functional groups attached to an aromatic ring is 2. The van der Waals surface area contributed by atoms with Gasteiger partial charge in [0.2, 0.25) is 0 Å². The number of pyridine rings is 1. The van der Waals surface area contributed by atoms with Crippen molar-refractivity contribution >= 4 is 28.4 Å². The zero-order chi connectivity index (χ0) is 24.2. The van der Waals surface area contributed by atoms with Crippen molar-refractivity contribution in [3.05, 3.63) is 35.7 Å². The fourth-order valence-electron chi connectivity index (χ4n) is 5.28. The van der Waals surface area contributed by atoms with Crippen molar-refractivity contribution in [1.82, 2.24) is 19.9 Å². The third kappa shape index (κ3) is 4.80. The first-order chi connectivity index (χ1) is 16.5. The molecule has 1 aromatic carbocycles. The van der Waals surface area contributed by atoms with Gasteiger partial charge in [0.05, 0.1) is 5.69 Å². The van der Waals surface area contributed by atoms with Gasteiger partial charge >= 0.3 is 0 Å². The fraction of sp³-hybridized carbons (Fsp3) is 0.519. The van der Waals surface area contributed by atoms with Crippen LogP contribution in [0.4, 0.5) is 17.3 Å². The minimum Gasteiger partial charge on any atom is -0.382 e. The third-order valence-electron chi connectivity index (χ3n) is 7.02. The number of aryl methyl sites for hydroxylation is 2. The van der Waals surface area contributed by atoms with E-state index in [1.54, 1.807) is 6.20 Å². The summed E-state index contributed by atoms with van der Waals surface area (Å²) in [5.74, 6) is 0.843. The molecule has 0 bridgehead atoms. The first-order valence-corrected chi connectivity index (χ1v) is 12.8. The minimum atomic E-state index is 0.386. The molecule has 3 heterocycles. The van der Waals surface area contributed by atoms with Crippen LogP contribution in [0.1, 0.15) is 57.7 Å². The summed E-state index contributed by atoms with van der Waals surface area (Å²) in [7, 11) is 0. The first-order valence-electron chi connectivity index (χ1n) is 12.8. The first kappa shape index (κ1) is 24.2. The molecule has 1 fully saturated rings. The van der Waals surface area contributed by atoms with Crippen molar-refractivity contribution in [3.8, 4) is 11.1 Å². The average molecular weight is 462 g/mol. The molecule has 4 N–H and O–H groups in total. The lowest BCUT2D eigenvalue weighted by Crippen LogP contribution is -2.45. The third-order valence-corrected chi connectivity index (χ3v) is 7.02. The second kappa shape index (κ2) is 10.6. The van der Waals surface area contributed by atoms with Gasteiger partial charge in [-0.1, -0.05) is 26.8 Å². The van der Waals surface area contributed by atoms with E-state index in [-0.39, 0.29) is 0 Å². The van der Waals surface area contributed by atoms with Crippen molar-refractivity contribution in [2.45, 2.75) is 65.8 Å². The van der Waals surface area contributed by atoms with Crippen molar-refractivity contribution in [2.75, 3.05) is 42.5 Å². The predicted octanol–water partition coefficient (Wildman–Crippen LogP) is 4.82. The van der Waals surface area contributed by atoms with Gasteiger partial charge in [-0.15, -0.1) is 0 Å². The molecule has 0 spiro atoms. The Morgan fingerprint density at radius 1 is 0.971 bits per heavy atom. The Balaban J connectivity index is 1.57. The summed E-state index contributed by atoms with van der Waals surface area (Å²) < 4.78 is 0. The number of nitrogens with two attached hydrogens (primary N) is 2. The van der Waals surface area contributed by atoms with E-state index in [2.05, 4.69) is 63.7 Å². The average Bonchev–Trinajstić information content (AvgIpc) is 2.84. The molecule has 0 aliphatic carbocycles. The molecule has 0 amide bonds. The molecule has 1 aliphatic rings. The van der Waals surface area contributed by atoms with E-state index in [1.165, 1.54) is 50.0 Å². The van der Waals surface area contributed by atoms with Crippen LogP contribution in [0, 0.1) is 6.92 Å². The molecule has 182 valence electrons. The summed E-state index contributed by atoms with van der Waals surface area (Å²) in [4.78, 5) is 19.0. The number of hydrogen-bond donors (Lipinski definition) is 2. The van der Waals surface area contributed by atoms with Crippen molar-refractivity contribution in [2.24, 2.45) is 0 Å². The molecule has 3 aromatic rings. The van der Waals surface area contributed by atoms with Gasteiger partial charge in [-0.3, -0.25) is 0 Å². The molecule has 0 radical (unpaired) electrons. The Morgan fingerprint density at radius 2 is 1.68 bits per heavy atom. The molecule has 34 heavy (non-hydrogen) atoms. The van der Waals surface area contributed by atoms with Crippen LogP contribution in [0.2, 0.25) is 0 Å². The normalized spacial score (nSPS) is 14.9. The number of hydrogen-bond acceptors (Lipinski definition) is 7. The molecule has 1 aliphatic heterocycles. The van der Waals surface area contributed by atoms with E-state index in [9.17, 15) is 0 Å². The molecule has 0 unspecified atom stereocenters. The maximum absolute atomic E-state index is 6.17. The highest BCUT2D eigenvalue weighted by molar-refractivity contribution is 5.97. The SMILES string of the molecule is CCCN(CCC)C1CCN(c2ccc(-c3cnc(N)c4nc(CC)c(N)nc34)cc2C)CC1. The summed E-state index contributed by atoms with van der Waals surface area (Å²) >= 11 is 0. The maximum atomic E-state index is 6.17. The Morgan fingerprint density at radius 3 is 2.29 bits per heavy atom. The van der Waals surface area contributed by atoms with E-state index < -0.39 is 0 Å². The molecule has 1 saturated heterocycles. The molecule has 4 rings (SSSR count). The van der Waals surface area contributed by atoms with Gasteiger partial charge in [-0.05, 0) is 75.4 Å². The Kier molecular flexibility index (Phi) is 7.51. The number of nitrogens with zero attached hydrogens (tertiary/aromatic N) is 5. The van der Waals surface area contributed by atoms with Gasteiger partial charge in [0, 0.05) is 36.6 Å². The van der Waals surface area contributed by atoms with Crippen molar-refractivity contribution in [1.29, 1.82) is 0 Å². The van der Waals surface area contributed by atoms with E-state index in [1.807, 2.05) is 6.92 Å². The molecular formula is C27H39N7. The minimum absolute atomic E-state index is 0.386. The quantitative estimate of drug-likeness (QED) is 0.496. The highest BCUT2D eigenvalue weighted by Crippen LogP contribution is 2.33. The van der Waals surface area contributed by atoms with E-state index in [0.717, 1.165) is 29.9 Å². The second-order valence-electron chi connectivity index (χ2n) is 9.42. The van der Waals surface area contributed by atoms with E-state index >= 15 is 0 Å². The Bertz CT molecular complexity index is 1130. The predicted molar refractivity (Wildman–Crippen MR) is 143 cm³/mol. The summed E-state index contributed by atoms with van der Waals surface area (Å²) in [6.07, 6.45) is 7.39. The zero-order valence-electron chi connectivity index (χ0n) is 21.1. The van der Waals surface area contributed by atoms with Crippen LogP contribution in [-0.2, 0) is 6.42 Å². The zero-order valence-corrected chi connectivity index (χ0v) is 21.1. The van der Waals surface area contributed by atoms with Crippen LogP contribution in [0.3, 0.4) is 0 Å². The number of rotatable bonds is 8. The monoisotopic (exact) mass is 461 g/mol. The Hall–Kier alpha value is -2.93. The van der Waals surface area contributed by atoms with Crippen LogP contribution >= 0.6 is 0 Å². The largest absolute Gasteiger partial charge is 0.382 e. The Labute approximate surface area is 203 Å². The molecule has 0 atom stereocenters. The number of aromatic nitrogens is 3. The molecule has 7 heteroatoms. The van der Waals surface area contributed by atoms with Crippen LogP contribution in [-0.4, -0.2) is 52.1 Å². The summed E-state index contributed by atoms with van der Waals surface area (Å²) in [5, 5.41) is 0. The molecule has 7 nitrogen and oxygen atoms in total. The van der Waals surface area contributed by atoms with Crippen LogP contribution < -0.4 is 16.4 Å². The van der Waals surface area contributed by atoms with Gasteiger partial charge in [-0.25, -0.2) is 15.0 Å². The lowest BCUT2D eigenvalue weighted by atomic mass is 9.98. The summed E-state index contributed by atoms with van der Waals surface area (Å²) in [6.45, 7) is 13.4. The fourth-order valence-corrected chi connectivity index (χ4v) is 5.28. The maximum Gasteiger partial charge on any atom is 0.151 e. The van der Waals surface area contributed by atoms with Crippen LogP contribution in [0.15, 0.2) is 24.4 Å². The number of benzene rings is 1. The number of anilines is 3. The second-order valence-corrected chi connectivity index (χ2v) is 9.42. The van der Waals surface area contributed by atoms with E-state index in [0.29, 0.717) is 35.1 Å². The van der Waals surface area contributed by atoms with Gasteiger partial charge in [0.1, 0.15) is 16.9 Å². The highest BCUT2D eigenvalue weighted by Gasteiger charge is 2.25. The molecular weight excluding hydrogens is 422 g/mol.